The number of aliphatic carboxylic acids is 1. The molecule has 1 fully saturated rings. The molecule has 0 aliphatic heterocycles. The van der Waals surface area contributed by atoms with E-state index in [2.05, 4.69) is 66.9 Å². The highest BCUT2D eigenvalue weighted by molar-refractivity contribution is 5.71. The number of fused-ring (bicyclic) bond motifs is 3. The molecule has 3 rings (SSSR count). The lowest BCUT2D eigenvalue weighted by atomic mass is 9.48. The Kier molecular flexibility index (Phi) is 8.18. The fraction of sp³-hybridized carbons (Fsp3) is 0.688. The minimum atomic E-state index is -0.667. The molecule has 0 aromatic heterocycles. The van der Waals surface area contributed by atoms with E-state index in [9.17, 15) is 14.7 Å². The third-order valence-corrected chi connectivity index (χ3v) is 10.7. The molecule has 1 N–H and O–H groups in total. The molecular weight excluding hydrogens is 448 g/mol. The van der Waals surface area contributed by atoms with Crippen molar-refractivity contribution in [3.05, 3.63) is 47.6 Å². The third kappa shape index (κ3) is 4.65. The molecule has 0 heterocycles. The zero-order valence-electron chi connectivity index (χ0n) is 23.7. The molecule has 200 valence electrons. The minimum Gasteiger partial charge on any atom is -0.481 e. The van der Waals surface area contributed by atoms with Crippen molar-refractivity contribution in [2.45, 2.75) is 92.9 Å². The van der Waals surface area contributed by atoms with Crippen molar-refractivity contribution in [2.75, 3.05) is 7.11 Å². The van der Waals surface area contributed by atoms with E-state index in [-0.39, 0.29) is 40.0 Å². The Morgan fingerprint density at radius 1 is 1.14 bits per heavy atom. The van der Waals surface area contributed by atoms with E-state index in [0.29, 0.717) is 18.8 Å². The van der Waals surface area contributed by atoms with Crippen LogP contribution in [0.25, 0.3) is 0 Å². The average Bonchev–Trinajstić information content (AvgIpc) is 3.08. The number of hydrogen-bond acceptors (Lipinski definition) is 3. The zero-order chi connectivity index (χ0) is 27.1. The molecule has 0 amide bonds. The van der Waals surface area contributed by atoms with Crippen molar-refractivity contribution in [1.29, 1.82) is 0 Å². The number of allylic oxidation sites excluding steroid dienone is 6. The number of carbonyl (C=O) groups is 2. The van der Waals surface area contributed by atoms with Crippen LogP contribution >= 0.6 is 0 Å². The molecule has 0 unspecified atom stereocenters. The summed E-state index contributed by atoms with van der Waals surface area (Å²) in [6, 6.07) is 0. The van der Waals surface area contributed by atoms with Gasteiger partial charge in [0, 0.05) is 6.42 Å². The number of carboxylic acid groups (broad SMARTS) is 1. The molecule has 0 aromatic rings. The molecule has 0 bridgehead atoms. The summed E-state index contributed by atoms with van der Waals surface area (Å²) >= 11 is 0. The largest absolute Gasteiger partial charge is 0.481 e. The second-order valence-electron chi connectivity index (χ2n) is 12.8. The van der Waals surface area contributed by atoms with Crippen molar-refractivity contribution >= 4 is 11.9 Å². The maximum atomic E-state index is 12.6. The number of ether oxygens (including phenoxy) is 1. The van der Waals surface area contributed by atoms with Crippen molar-refractivity contribution in [3.8, 4) is 0 Å². The van der Waals surface area contributed by atoms with E-state index in [1.54, 1.807) is 0 Å². The average molecular weight is 497 g/mol. The van der Waals surface area contributed by atoms with Crippen LogP contribution in [0.2, 0.25) is 0 Å². The van der Waals surface area contributed by atoms with Gasteiger partial charge >= 0.3 is 11.9 Å². The molecule has 4 heteroatoms. The summed E-state index contributed by atoms with van der Waals surface area (Å²) in [7, 11) is 1.45. The molecule has 3 aliphatic rings. The first-order chi connectivity index (χ1) is 16.7. The summed E-state index contributed by atoms with van der Waals surface area (Å²) in [5.41, 5.74) is 4.64. The van der Waals surface area contributed by atoms with E-state index in [1.165, 1.54) is 18.3 Å². The Bertz CT molecular complexity index is 984. The standard InChI is InChI=1S/C32H48O4/c1-20(2)22(5)10-11-23(29(34)35)25-14-18-32(8)27-13-12-24(21(3)4)30(6,17-16-28(33)36-9)26(27)15-19-31(25,32)7/h13,15,20,23-25H,3,5,10-12,14,16-19H2,1-2,4,6-9H3,(H,34,35)/t23-,24-,25+,30-,31+,32-/m0/s1. The molecule has 3 aliphatic carbocycles. The Morgan fingerprint density at radius 3 is 2.36 bits per heavy atom. The van der Waals surface area contributed by atoms with Gasteiger partial charge in [-0.3, -0.25) is 9.59 Å². The van der Waals surface area contributed by atoms with Crippen LogP contribution in [0.4, 0.5) is 0 Å². The van der Waals surface area contributed by atoms with Gasteiger partial charge < -0.3 is 9.84 Å². The summed E-state index contributed by atoms with van der Waals surface area (Å²) in [4.78, 5) is 24.7. The lowest BCUT2D eigenvalue weighted by Gasteiger charge is -2.56. The van der Waals surface area contributed by atoms with Crippen LogP contribution in [0, 0.1) is 39.9 Å². The normalized spacial score (nSPS) is 34.2. The Morgan fingerprint density at radius 2 is 1.81 bits per heavy atom. The minimum absolute atomic E-state index is 0.0862. The first-order valence-electron chi connectivity index (χ1n) is 13.8. The van der Waals surface area contributed by atoms with Gasteiger partial charge in [0.1, 0.15) is 0 Å². The highest BCUT2D eigenvalue weighted by Gasteiger charge is 2.62. The quantitative estimate of drug-likeness (QED) is 0.246. The Labute approximate surface area is 219 Å². The van der Waals surface area contributed by atoms with Gasteiger partial charge in [-0.25, -0.2) is 0 Å². The second kappa shape index (κ2) is 10.3. The Balaban J connectivity index is 1.99. The van der Waals surface area contributed by atoms with E-state index >= 15 is 0 Å². The van der Waals surface area contributed by atoms with E-state index in [0.717, 1.165) is 49.7 Å². The molecule has 0 saturated heterocycles. The molecule has 6 atom stereocenters. The highest BCUT2D eigenvalue weighted by atomic mass is 16.5. The van der Waals surface area contributed by atoms with Gasteiger partial charge in [0.25, 0.3) is 0 Å². The predicted octanol–water partition coefficient (Wildman–Crippen LogP) is 7.91. The molecule has 1 saturated carbocycles. The highest BCUT2D eigenvalue weighted by Crippen LogP contribution is 2.70. The van der Waals surface area contributed by atoms with Crippen molar-refractivity contribution in [3.63, 3.8) is 0 Å². The van der Waals surface area contributed by atoms with Gasteiger partial charge in [-0.15, -0.1) is 0 Å². The summed E-state index contributed by atoms with van der Waals surface area (Å²) < 4.78 is 4.98. The number of carbonyl (C=O) groups excluding carboxylic acids is 1. The summed E-state index contributed by atoms with van der Waals surface area (Å²) in [5.74, 6) is -0.427. The van der Waals surface area contributed by atoms with Crippen LogP contribution in [-0.4, -0.2) is 24.2 Å². The van der Waals surface area contributed by atoms with Gasteiger partial charge in [-0.2, -0.15) is 0 Å². The number of methoxy groups -OCH3 is 1. The molecule has 36 heavy (non-hydrogen) atoms. The summed E-state index contributed by atoms with van der Waals surface area (Å²) in [5, 5.41) is 10.3. The van der Waals surface area contributed by atoms with Crippen LogP contribution in [0.5, 0.6) is 0 Å². The van der Waals surface area contributed by atoms with Crippen LogP contribution in [0.3, 0.4) is 0 Å². The number of esters is 1. The fourth-order valence-electron chi connectivity index (χ4n) is 7.85. The maximum absolute atomic E-state index is 12.6. The monoisotopic (exact) mass is 496 g/mol. The molecule has 0 radical (unpaired) electrons. The van der Waals surface area contributed by atoms with Gasteiger partial charge in [-0.05, 0) is 97.0 Å². The van der Waals surface area contributed by atoms with Crippen molar-refractivity contribution < 1.29 is 19.4 Å². The lowest BCUT2D eigenvalue weighted by Crippen LogP contribution is -2.48. The van der Waals surface area contributed by atoms with E-state index in [1.807, 2.05) is 0 Å². The van der Waals surface area contributed by atoms with Crippen molar-refractivity contribution in [2.24, 2.45) is 39.9 Å². The zero-order valence-corrected chi connectivity index (χ0v) is 23.7. The molecule has 0 spiro atoms. The van der Waals surface area contributed by atoms with Gasteiger partial charge in [0.2, 0.25) is 0 Å². The number of carboxylic acids is 1. The SMILES string of the molecule is C=C(CC[C@H](C(=O)O)[C@H]1CC[C@@]2(C)C3=CC[C@@H](C(=C)C)[C@](C)(CCC(=O)OC)C3=CC[C@]12C)C(C)C. The van der Waals surface area contributed by atoms with Crippen LogP contribution in [0.1, 0.15) is 92.9 Å². The fourth-order valence-corrected chi connectivity index (χ4v) is 7.85. The van der Waals surface area contributed by atoms with Crippen LogP contribution < -0.4 is 0 Å². The molecular formula is C32H48O4. The summed E-state index contributed by atoms with van der Waals surface area (Å²) in [6.45, 7) is 21.9. The lowest BCUT2D eigenvalue weighted by molar-refractivity contribution is -0.146. The first-order valence-corrected chi connectivity index (χ1v) is 13.8. The maximum Gasteiger partial charge on any atom is 0.306 e. The smallest absolute Gasteiger partial charge is 0.306 e. The van der Waals surface area contributed by atoms with Crippen LogP contribution in [0.15, 0.2) is 47.6 Å². The Hall–Kier alpha value is -2.10. The first kappa shape index (κ1) is 28.5. The van der Waals surface area contributed by atoms with Gasteiger partial charge in [0.15, 0.2) is 0 Å². The second-order valence-corrected chi connectivity index (χ2v) is 12.8. The van der Waals surface area contributed by atoms with E-state index in [4.69, 9.17) is 4.74 Å². The number of hydrogen-bond donors (Lipinski definition) is 1. The van der Waals surface area contributed by atoms with Gasteiger partial charge in [0.05, 0.1) is 13.0 Å². The topological polar surface area (TPSA) is 63.6 Å². The molecule has 4 nitrogen and oxygen atoms in total. The van der Waals surface area contributed by atoms with Crippen molar-refractivity contribution in [1.82, 2.24) is 0 Å². The number of rotatable bonds is 10. The van der Waals surface area contributed by atoms with E-state index < -0.39 is 5.97 Å². The molecule has 0 aromatic carbocycles. The third-order valence-electron chi connectivity index (χ3n) is 10.7. The van der Waals surface area contributed by atoms with Crippen LogP contribution in [-0.2, 0) is 14.3 Å². The predicted molar refractivity (Wildman–Crippen MR) is 146 cm³/mol. The summed E-state index contributed by atoms with van der Waals surface area (Å²) in [6.07, 6.45) is 11.1. The van der Waals surface area contributed by atoms with Gasteiger partial charge in [-0.1, -0.05) is 71.1 Å².